The number of aromatic nitrogens is 4. The van der Waals surface area contributed by atoms with E-state index < -0.39 is 5.60 Å². The van der Waals surface area contributed by atoms with Crippen molar-refractivity contribution in [1.82, 2.24) is 24.2 Å². The third-order valence-corrected chi connectivity index (χ3v) is 8.03. The van der Waals surface area contributed by atoms with E-state index in [0.717, 1.165) is 43.1 Å². The normalized spacial score (nSPS) is 18.2. The van der Waals surface area contributed by atoms with Crippen molar-refractivity contribution in [3.63, 3.8) is 0 Å². The minimum Gasteiger partial charge on any atom is -0.493 e. The Morgan fingerprint density at radius 2 is 1.77 bits per heavy atom. The zero-order chi connectivity index (χ0) is 27.5. The van der Waals surface area contributed by atoms with Crippen LogP contribution in [0, 0.1) is 11.7 Å². The van der Waals surface area contributed by atoms with Gasteiger partial charge in [0.2, 0.25) is 0 Å². The number of ether oxygens (including phenoxy) is 2. The van der Waals surface area contributed by atoms with Gasteiger partial charge >= 0.3 is 0 Å². The predicted molar refractivity (Wildman–Crippen MR) is 148 cm³/mol. The highest BCUT2D eigenvalue weighted by molar-refractivity contribution is 5.75. The molecular weight excluding hydrogens is 513 g/mol. The molecule has 0 unspecified atom stereocenters. The van der Waals surface area contributed by atoms with Crippen LogP contribution in [0.4, 0.5) is 4.39 Å². The first-order chi connectivity index (χ1) is 19.5. The number of hydrogen-bond acceptors (Lipinski definition) is 7. The molecule has 0 saturated carbocycles. The van der Waals surface area contributed by atoms with Gasteiger partial charge in [0.05, 0.1) is 30.6 Å². The molecular formula is C30H34FN5O4. The summed E-state index contributed by atoms with van der Waals surface area (Å²) in [5.74, 6) is 1.06. The quantitative estimate of drug-likeness (QED) is 0.361. The lowest BCUT2D eigenvalue weighted by molar-refractivity contribution is -0.0364. The lowest BCUT2D eigenvalue weighted by Crippen LogP contribution is -2.47. The first-order valence-electron chi connectivity index (χ1n) is 13.9. The second kappa shape index (κ2) is 11.5. The lowest BCUT2D eigenvalue weighted by atomic mass is 9.91. The molecule has 2 aliphatic rings. The predicted octanol–water partition coefficient (Wildman–Crippen LogP) is 3.55. The lowest BCUT2D eigenvalue weighted by Gasteiger charge is -2.38. The number of nitrogens with zero attached hydrogens (tertiary/aromatic N) is 5. The molecule has 2 aromatic heterocycles. The number of aliphatic hydroxyl groups is 1. The van der Waals surface area contributed by atoms with Gasteiger partial charge in [0.25, 0.3) is 5.56 Å². The summed E-state index contributed by atoms with van der Waals surface area (Å²) in [6.45, 7) is 4.51. The summed E-state index contributed by atoms with van der Waals surface area (Å²) < 4.78 is 27.7. The number of piperidine rings is 1. The van der Waals surface area contributed by atoms with Gasteiger partial charge in [-0.2, -0.15) is 5.10 Å². The summed E-state index contributed by atoms with van der Waals surface area (Å²) in [7, 11) is 0. The summed E-state index contributed by atoms with van der Waals surface area (Å²) in [4.78, 5) is 20.1. The Bertz CT molecular complexity index is 1490. The van der Waals surface area contributed by atoms with Gasteiger partial charge in [-0.3, -0.25) is 14.3 Å². The van der Waals surface area contributed by atoms with Crippen molar-refractivity contribution >= 4 is 11.0 Å². The zero-order valence-corrected chi connectivity index (χ0v) is 22.4. The Hall–Kier alpha value is -3.60. The molecule has 0 atom stereocenters. The molecule has 4 heterocycles. The number of fused-ring (bicyclic) bond motifs is 1. The zero-order valence-electron chi connectivity index (χ0n) is 22.4. The van der Waals surface area contributed by atoms with Crippen molar-refractivity contribution in [2.24, 2.45) is 5.92 Å². The summed E-state index contributed by atoms with van der Waals surface area (Å²) in [6.07, 6.45) is 6.13. The van der Waals surface area contributed by atoms with E-state index in [2.05, 4.69) is 15.0 Å². The highest BCUT2D eigenvalue weighted by Gasteiger charge is 2.33. The highest BCUT2D eigenvalue weighted by atomic mass is 19.1. The van der Waals surface area contributed by atoms with Gasteiger partial charge in [-0.05, 0) is 73.6 Å². The number of likely N-dealkylation sites (tertiary alicyclic amines) is 1. The molecule has 6 rings (SSSR count). The number of hydrogen-bond donors (Lipinski definition) is 1. The summed E-state index contributed by atoms with van der Waals surface area (Å²) in [6, 6.07) is 14.1. The van der Waals surface area contributed by atoms with Crippen LogP contribution in [-0.4, -0.2) is 67.8 Å². The third kappa shape index (κ3) is 5.94. The van der Waals surface area contributed by atoms with Gasteiger partial charge in [-0.25, -0.2) is 14.1 Å². The molecule has 2 saturated heterocycles. The van der Waals surface area contributed by atoms with Gasteiger partial charge in [0.15, 0.2) is 5.65 Å². The van der Waals surface area contributed by atoms with Gasteiger partial charge in [-0.15, -0.1) is 0 Å². The van der Waals surface area contributed by atoms with Crippen LogP contribution in [0.1, 0.15) is 31.2 Å². The Morgan fingerprint density at radius 3 is 2.50 bits per heavy atom. The fraction of sp³-hybridized carbons (Fsp3) is 0.433. The monoisotopic (exact) mass is 547 g/mol. The second-order valence-electron chi connectivity index (χ2n) is 11.0. The number of rotatable bonds is 8. The van der Waals surface area contributed by atoms with E-state index in [1.54, 1.807) is 16.8 Å². The molecule has 0 radical (unpaired) electrons. The maximum Gasteiger partial charge on any atom is 0.264 e. The van der Waals surface area contributed by atoms with E-state index in [9.17, 15) is 14.3 Å². The standard InChI is InChI=1S/C30H34FN5O4/c31-24-3-1-22(2-4-24)18-34-13-11-30(38,12-14-34)20-35-21-32-28-27(29(35)37)17-33-36(28)25-5-7-26(8-6-25)40-19-23-9-15-39-16-10-23/h1-8,17,21,23,38H,9-16,18-20H2. The van der Waals surface area contributed by atoms with E-state index in [0.29, 0.717) is 56.0 Å². The molecule has 0 spiro atoms. The molecule has 4 aromatic rings. The van der Waals surface area contributed by atoms with Crippen molar-refractivity contribution in [1.29, 1.82) is 0 Å². The Kier molecular flexibility index (Phi) is 7.64. The fourth-order valence-electron chi connectivity index (χ4n) is 5.51. The van der Waals surface area contributed by atoms with E-state index in [1.165, 1.54) is 29.2 Å². The van der Waals surface area contributed by atoms with Crippen molar-refractivity contribution in [3.8, 4) is 11.4 Å². The Balaban J connectivity index is 1.09. The average Bonchev–Trinajstić information content (AvgIpc) is 3.42. The van der Waals surface area contributed by atoms with Crippen molar-refractivity contribution in [2.75, 3.05) is 32.9 Å². The molecule has 210 valence electrons. The molecule has 0 amide bonds. The van der Waals surface area contributed by atoms with Gasteiger partial charge in [-0.1, -0.05) is 12.1 Å². The first-order valence-corrected chi connectivity index (χ1v) is 13.9. The van der Waals surface area contributed by atoms with Crippen LogP contribution >= 0.6 is 0 Å². The van der Waals surface area contributed by atoms with Crippen LogP contribution in [-0.2, 0) is 17.8 Å². The Labute approximate surface area is 231 Å². The SMILES string of the molecule is O=c1c2cnn(-c3ccc(OCC4CCOCC4)cc3)c2ncn1CC1(O)CCN(Cc2ccc(F)cc2)CC1. The minimum atomic E-state index is -1.01. The van der Waals surface area contributed by atoms with Crippen LogP contribution in [0.5, 0.6) is 5.75 Å². The Morgan fingerprint density at radius 1 is 1.05 bits per heavy atom. The largest absolute Gasteiger partial charge is 0.493 e. The number of halogens is 1. The molecule has 40 heavy (non-hydrogen) atoms. The van der Waals surface area contributed by atoms with Crippen LogP contribution < -0.4 is 10.3 Å². The van der Waals surface area contributed by atoms with E-state index in [-0.39, 0.29) is 17.9 Å². The molecule has 0 bridgehead atoms. The summed E-state index contributed by atoms with van der Waals surface area (Å²) >= 11 is 0. The topological polar surface area (TPSA) is 94.6 Å². The van der Waals surface area contributed by atoms with Gasteiger partial charge in [0, 0.05) is 32.8 Å². The molecule has 2 aliphatic heterocycles. The summed E-state index contributed by atoms with van der Waals surface area (Å²) in [5.41, 5.74) is 1.06. The fourth-order valence-corrected chi connectivity index (χ4v) is 5.51. The van der Waals surface area contributed by atoms with E-state index in [4.69, 9.17) is 9.47 Å². The smallest absolute Gasteiger partial charge is 0.264 e. The average molecular weight is 548 g/mol. The first kappa shape index (κ1) is 26.6. The number of benzene rings is 2. The molecule has 9 nitrogen and oxygen atoms in total. The van der Waals surface area contributed by atoms with Crippen molar-refractivity contribution in [3.05, 3.63) is 82.8 Å². The minimum absolute atomic E-state index is 0.170. The maximum atomic E-state index is 13.3. The van der Waals surface area contributed by atoms with E-state index >= 15 is 0 Å². The molecule has 2 aromatic carbocycles. The molecule has 2 fully saturated rings. The highest BCUT2D eigenvalue weighted by Crippen LogP contribution is 2.26. The second-order valence-corrected chi connectivity index (χ2v) is 11.0. The molecule has 0 aliphatic carbocycles. The van der Waals surface area contributed by atoms with Gasteiger partial charge in [0.1, 0.15) is 23.3 Å². The molecule has 1 N–H and O–H groups in total. The van der Waals surface area contributed by atoms with Crippen LogP contribution in [0.25, 0.3) is 16.7 Å². The van der Waals surface area contributed by atoms with Crippen LogP contribution in [0.15, 0.2) is 65.8 Å². The maximum absolute atomic E-state index is 13.3. The third-order valence-electron chi connectivity index (χ3n) is 8.03. The van der Waals surface area contributed by atoms with Crippen LogP contribution in [0.2, 0.25) is 0 Å². The van der Waals surface area contributed by atoms with Crippen molar-refractivity contribution < 1.29 is 19.0 Å². The van der Waals surface area contributed by atoms with E-state index in [1.807, 2.05) is 24.3 Å². The van der Waals surface area contributed by atoms with Crippen molar-refractivity contribution in [2.45, 2.75) is 44.4 Å². The summed E-state index contributed by atoms with van der Waals surface area (Å²) in [5, 5.41) is 16.1. The van der Waals surface area contributed by atoms with Crippen LogP contribution in [0.3, 0.4) is 0 Å². The van der Waals surface area contributed by atoms with Gasteiger partial charge < -0.3 is 14.6 Å². The molecule has 10 heteroatoms.